The van der Waals surface area contributed by atoms with Gasteiger partial charge in [0.25, 0.3) is 0 Å². The monoisotopic (exact) mass is 647 g/mol. The number of allylic oxidation sites excluding steroid dienone is 3. The highest BCUT2D eigenvalue weighted by Gasteiger charge is 2.64. The molecule has 1 amide bonds. The van der Waals surface area contributed by atoms with E-state index in [1.54, 1.807) is 27.1 Å². The summed E-state index contributed by atoms with van der Waals surface area (Å²) in [5.41, 5.74) is -0.204. The molecule has 2 saturated heterocycles. The predicted octanol–water partition coefficient (Wildman–Crippen LogP) is 3.63. The molecule has 8 atom stereocenters. The predicted molar refractivity (Wildman–Crippen MR) is 171 cm³/mol. The lowest BCUT2D eigenvalue weighted by Crippen LogP contribution is -2.60. The quantitative estimate of drug-likeness (QED) is 0.322. The summed E-state index contributed by atoms with van der Waals surface area (Å²) in [5, 5.41) is 17.9. The van der Waals surface area contributed by atoms with Crippen LogP contribution in [0.1, 0.15) is 46.1 Å². The number of halogens is 1. The molecular weight excluding hydrogens is 602 g/mol. The van der Waals surface area contributed by atoms with Crippen LogP contribution in [0, 0.1) is 5.92 Å². The first-order chi connectivity index (χ1) is 21.2. The number of aliphatic hydroxyl groups is 1. The summed E-state index contributed by atoms with van der Waals surface area (Å²) >= 11 is 6.71. The molecular formula is C33H46ClN3O8. The van der Waals surface area contributed by atoms with E-state index in [0.29, 0.717) is 17.9 Å². The summed E-state index contributed by atoms with van der Waals surface area (Å²) in [5.74, 6) is -0.512. The maximum atomic E-state index is 13.9. The highest BCUT2D eigenvalue weighted by Crippen LogP contribution is 2.49. The average Bonchev–Trinajstić information content (AvgIpc) is 3.69. The Morgan fingerprint density at radius 1 is 1.33 bits per heavy atom. The van der Waals surface area contributed by atoms with Gasteiger partial charge in [0.2, 0.25) is 5.91 Å². The molecule has 12 heteroatoms. The van der Waals surface area contributed by atoms with Crippen molar-refractivity contribution in [3.05, 3.63) is 59.0 Å². The Balaban J connectivity index is 1.80. The third-order valence-corrected chi connectivity index (χ3v) is 9.45. The minimum Gasteiger partial charge on any atom is -0.495 e. The number of rotatable bonds is 5. The van der Waals surface area contributed by atoms with Crippen LogP contribution in [0.2, 0.25) is 5.02 Å². The maximum Gasteiger partial charge on any atom is 0.323 e. The first-order valence-corrected chi connectivity index (χ1v) is 15.5. The van der Waals surface area contributed by atoms with E-state index in [4.69, 9.17) is 35.3 Å². The van der Waals surface area contributed by atoms with E-state index in [1.165, 1.54) is 19.1 Å². The number of methoxy groups -OCH3 is 2. The summed E-state index contributed by atoms with van der Waals surface area (Å²) in [6, 6.07) is 3.07. The molecule has 0 spiro atoms. The normalized spacial score (nSPS) is 34.8. The summed E-state index contributed by atoms with van der Waals surface area (Å²) < 4.78 is 29.5. The van der Waals surface area contributed by atoms with Crippen molar-refractivity contribution in [3.8, 4) is 5.75 Å². The fourth-order valence-electron chi connectivity index (χ4n) is 6.08. The van der Waals surface area contributed by atoms with Crippen molar-refractivity contribution < 1.29 is 38.4 Å². The molecule has 0 aromatic heterocycles. The second-order valence-electron chi connectivity index (χ2n) is 12.4. The van der Waals surface area contributed by atoms with E-state index in [2.05, 4.69) is 17.2 Å². The van der Waals surface area contributed by atoms with Gasteiger partial charge in [-0.3, -0.25) is 9.59 Å². The number of hydrogen-bond acceptors (Lipinski definition) is 10. The van der Waals surface area contributed by atoms with Crippen LogP contribution in [-0.2, 0) is 35.0 Å². The smallest absolute Gasteiger partial charge is 0.323 e. The number of nitrogens with one attached hydrogen (secondary N) is 2. The highest BCUT2D eigenvalue weighted by atomic mass is 35.5. The van der Waals surface area contributed by atoms with E-state index < -0.39 is 47.8 Å². The van der Waals surface area contributed by atoms with Crippen LogP contribution in [0.25, 0.3) is 0 Å². The van der Waals surface area contributed by atoms with Gasteiger partial charge in [-0.2, -0.15) is 0 Å². The van der Waals surface area contributed by atoms with Gasteiger partial charge in [-0.15, -0.1) is 0 Å². The lowest BCUT2D eigenvalue weighted by atomic mass is 9.83. The highest BCUT2D eigenvalue weighted by molar-refractivity contribution is 6.35. The number of anilines is 1. The molecule has 0 aliphatic carbocycles. The lowest BCUT2D eigenvalue weighted by molar-refractivity contribution is -0.159. The van der Waals surface area contributed by atoms with Crippen LogP contribution >= 0.6 is 11.6 Å². The SMILES string of the molecule is C=C1NC2(O)CC(O1)C(C)C1OC1(C)C(OC(=O)C(C)NC)CC(=O)N(C)c1cc(cc(OC)c1Cl)C/C(C)=C/C=C/C2OC. The Hall–Kier alpha value is -3.09. The summed E-state index contributed by atoms with van der Waals surface area (Å²) in [7, 11) is 6.33. The number of epoxide rings is 1. The van der Waals surface area contributed by atoms with Gasteiger partial charge >= 0.3 is 5.97 Å². The molecule has 4 bridgehead atoms. The Morgan fingerprint density at radius 2 is 2.04 bits per heavy atom. The minimum absolute atomic E-state index is 0.154. The van der Waals surface area contributed by atoms with Crippen molar-refractivity contribution >= 4 is 29.2 Å². The molecule has 4 rings (SSSR count). The summed E-state index contributed by atoms with van der Waals surface area (Å²) in [6.07, 6.45) is 3.41. The van der Waals surface area contributed by atoms with Gasteiger partial charge in [0.1, 0.15) is 40.7 Å². The van der Waals surface area contributed by atoms with Crippen molar-refractivity contribution in [1.82, 2.24) is 10.6 Å². The number of fused-ring (bicyclic) bond motifs is 5. The Bertz CT molecular complexity index is 1370. The van der Waals surface area contributed by atoms with Gasteiger partial charge in [-0.05, 0) is 58.5 Å². The van der Waals surface area contributed by atoms with Crippen molar-refractivity contribution in [2.75, 3.05) is 33.2 Å². The van der Waals surface area contributed by atoms with Crippen molar-refractivity contribution in [3.63, 3.8) is 0 Å². The number of amides is 1. The molecule has 0 radical (unpaired) electrons. The third kappa shape index (κ3) is 7.33. The van der Waals surface area contributed by atoms with Crippen LogP contribution in [0.4, 0.5) is 5.69 Å². The average molecular weight is 648 g/mol. The van der Waals surface area contributed by atoms with Gasteiger partial charge in [0.05, 0.1) is 25.3 Å². The molecule has 45 heavy (non-hydrogen) atoms. The van der Waals surface area contributed by atoms with E-state index >= 15 is 0 Å². The maximum absolute atomic E-state index is 13.9. The fraction of sp³-hybridized carbons (Fsp3) is 0.576. The molecule has 3 N–H and O–H groups in total. The van der Waals surface area contributed by atoms with E-state index in [1.807, 2.05) is 45.1 Å². The number of nitrogens with zero attached hydrogens (tertiary/aromatic N) is 1. The molecule has 8 unspecified atom stereocenters. The van der Waals surface area contributed by atoms with E-state index in [0.717, 1.165) is 11.1 Å². The standard InChI is InChI=1S/C33H46ClN3O8/c1-18-11-10-12-26(42-9)33(40)17-25(43-21(4)36-33)19(2)30-32(5,45-30)27(44-31(39)20(3)35-6)16-28(38)37(7)23-14-22(13-18)15-24(41-8)29(23)34/h10-12,14-15,19-20,25-27,30,35-36,40H,4,13,16-17H2,1-3,5-9H3/b12-10+,18-11+. The molecule has 3 heterocycles. The van der Waals surface area contributed by atoms with Gasteiger partial charge in [-0.1, -0.05) is 42.3 Å². The Morgan fingerprint density at radius 3 is 2.69 bits per heavy atom. The zero-order chi connectivity index (χ0) is 33.3. The number of esters is 1. The molecule has 1 aromatic carbocycles. The van der Waals surface area contributed by atoms with Crippen LogP contribution in [0.15, 0.2) is 48.4 Å². The molecule has 1 aromatic rings. The molecule has 3 aliphatic heterocycles. The van der Waals surface area contributed by atoms with Crippen molar-refractivity contribution in [2.24, 2.45) is 5.92 Å². The summed E-state index contributed by atoms with van der Waals surface area (Å²) in [4.78, 5) is 28.3. The van der Waals surface area contributed by atoms with Crippen molar-refractivity contribution in [1.29, 1.82) is 0 Å². The summed E-state index contributed by atoms with van der Waals surface area (Å²) in [6.45, 7) is 11.3. The zero-order valence-corrected chi connectivity index (χ0v) is 28.1. The topological polar surface area (TPSA) is 131 Å². The van der Waals surface area contributed by atoms with Gasteiger partial charge in [-0.25, -0.2) is 0 Å². The zero-order valence-electron chi connectivity index (χ0n) is 27.3. The Kier molecular flexibility index (Phi) is 10.6. The van der Waals surface area contributed by atoms with Gasteiger partial charge in [0, 0.05) is 26.5 Å². The van der Waals surface area contributed by atoms with Crippen molar-refractivity contribution in [2.45, 2.75) is 88.7 Å². The molecule has 0 saturated carbocycles. The Labute approximate surface area is 270 Å². The first-order valence-electron chi connectivity index (χ1n) is 15.1. The number of carbonyl (C=O) groups is 2. The molecule has 2 fully saturated rings. The van der Waals surface area contributed by atoms with Crippen LogP contribution in [0.3, 0.4) is 0 Å². The van der Waals surface area contributed by atoms with Gasteiger partial charge in [0.15, 0.2) is 11.6 Å². The van der Waals surface area contributed by atoms with Crippen LogP contribution in [-0.4, -0.2) is 87.1 Å². The first kappa shape index (κ1) is 34.8. The largest absolute Gasteiger partial charge is 0.495 e. The minimum atomic E-state index is -1.53. The molecule has 248 valence electrons. The van der Waals surface area contributed by atoms with E-state index in [9.17, 15) is 14.7 Å². The fourth-order valence-corrected chi connectivity index (χ4v) is 6.39. The van der Waals surface area contributed by atoms with Crippen LogP contribution in [0.5, 0.6) is 5.75 Å². The third-order valence-electron chi connectivity index (χ3n) is 9.07. The number of likely N-dealkylation sites (N-methyl/N-ethyl adjacent to an activating group) is 1. The van der Waals surface area contributed by atoms with Crippen LogP contribution < -0.4 is 20.3 Å². The second kappa shape index (κ2) is 13.7. The number of ether oxygens (including phenoxy) is 5. The number of hydrogen-bond donors (Lipinski definition) is 3. The van der Waals surface area contributed by atoms with Gasteiger partial charge < -0.3 is 44.3 Å². The number of carbonyl (C=O) groups excluding carboxylic acids is 2. The van der Waals surface area contributed by atoms with E-state index in [-0.39, 0.29) is 35.6 Å². The second-order valence-corrected chi connectivity index (χ2v) is 12.7. The molecule has 3 aliphatic rings. The lowest BCUT2D eigenvalue weighted by Gasteiger charge is -2.44. The number of benzene rings is 1. The molecule has 11 nitrogen and oxygen atoms in total.